The van der Waals surface area contributed by atoms with Gasteiger partial charge in [0.05, 0.1) is 17.5 Å². The molecule has 0 radical (unpaired) electrons. The number of nitrogens with one attached hydrogen (secondary N) is 2. The first kappa shape index (κ1) is 18.3. The van der Waals surface area contributed by atoms with Crippen LogP contribution < -0.4 is 10.6 Å². The van der Waals surface area contributed by atoms with Crippen LogP contribution in [0.15, 0.2) is 54.7 Å². The van der Waals surface area contributed by atoms with Crippen LogP contribution in [-0.4, -0.2) is 26.5 Å². The summed E-state index contributed by atoms with van der Waals surface area (Å²) in [5, 5.41) is 20.4. The largest absolute Gasteiger partial charge is 0.320 e. The van der Waals surface area contributed by atoms with Crippen LogP contribution in [0.2, 0.25) is 0 Å². The van der Waals surface area contributed by atoms with Crippen LogP contribution in [0.25, 0.3) is 11.1 Å². The van der Waals surface area contributed by atoms with Crippen molar-refractivity contribution < 1.29 is 18.9 Å². The Kier molecular flexibility index (Phi) is 4.51. The molecule has 9 nitrogen and oxygen atoms in total. The van der Waals surface area contributed by atoms with Crippen molar-refractivity contribution in [1.82, 2.24) is 9.78 Å². The van der Waals surface area contributed by atoms with Crippen molar-refractivity contribution in [3.05, 3.63) is 70.7 Å². The number of benzene rings is 2. The number of rotatable bonds is 5. The van der Waals surface area contributed by atoms with Crippen LogP contribution in [0.4, 0.5) is 21.6 Å². The molecule has 2 N–H and O–H groups in total. The molecular formula is C19H14FN5O4. The van der Waals surface area contributed by atoms with Gasteiger partial charge in [-0.1, -0.05) is 24.3 Å². The van der Waals surface area contributed by atoms with Gasteiger partial charge >= 0.3 is 0 Å². The summed E-state index contributed by atoms with van der Waals surface area (Å²) in [6, 6.07) is 10.6. The number of nitro benzene ring substituents is 1. The molecule has 0 saturated carbocycles. The van der Waals surface area contributed by atoms with Crippen LogP contribution in [0.3, 0.4) is 0 Å². The Hall–Kier alpha value is -4.08. The number of anilines is 2. The zero-order chi connectivity index (χ0) is 20.5. The number of nitrogens with zero attached hydrogens (tertiary/aromatic N) is 3. The zero-order valence-electron chi connectivity index (χ0n) is 14.8. The third-order valence-corrected chi connectivity index (χ3v) is 4.54. The molecule has 2 aromatic carbocycles. The molecule has 0 spiro atoms. The lowest BCUT2D eigenvalue weighted by Gasteiger charge is -2.10. The summed E-state index contributed by atoms with van der Waals surface area (Å²) in [4.78, 5) is 35.3. The SMILES string of the molecule is O=C(CC1C(=O)Nc2c(-c3ccc(F)cc3)cnn21)Nc1ccccc1[N+](=O)[O-]. The predicted octanol–water partition coefficient (Wildman–Crippen LogP) is 3.12. The second-order valence-corrected chi connectivity index (χ2v) is 6.39. The number of hydrogen-bond donors (Lipinski definition) is 2. The molecule has 29 heavy (non-hydrogen) atoms. The molecule has 1 aromatic heterocycles. The molecule has 2 heterocycles. The van der Waals surface area contributed by atoms with E-state index in [4.69, 9.17) is 0 Å². The minimum absolute atomic E-state index is 0.0496. The maximum absolute atomic E-state index is 13.2. The van der Waals surface area contributed by atoms with Crippen LogP contribution in [0.5, 0.6) is 0 Å². The maximum atomic E-state index is 13.2. The molecule has 1 atom stereocenters. The average Bonchev–Trinajstić information content (AvgIpc) is 3.22. The summed E-state index contributed by atoms with van der Waals surface area (Å²) in [7, 11) is 0. The summed E-state index contributed by atoms with van der Waals surface area (Å²) in [5.74, 6) is -0.962. The molecule has 146 valence electrons. The van der Waals surface area contributed by atoms with Crippen molar-refractivity contribution in [3.8, 4) is 11.1 Å². The Bertz CT molecular complexity index is 1130. The second kappa shape index (κ2) is 7.15. The van der Waals surface area contributed by atoms with E-state index in [9.17, 15) is 24.1 Å². The number of halogens is 1. The highest BCUT2D eigenvalue weighted by atomic mass is 19.1. The van der Waals surface area contributed by atoms with E-state index in [1.807, 2.05) is 0 Å². The number of nitro groups is 1. The van der Waals surface area contributed by atoms with Crippen molar-refractivity contribution in [3.63, 3.8) is 0 Å². The van der Waals surface area contributed by atoms with Gasteiger partial charge in [0.25, 0.3) is 11.6 Å². The Morgan fingerprint density at radius 2 is 1.97 bits per heavy atom. The van der Waals surface area contributed by atoms with Crippen LogP contribution in [0, 0.1) is 15.9 Å². The second-order valence-electron chi connectivity index (χ2n) is 6.39. The summed E-state index contributed by atoms with van der Waals surface area (Å²) in [6.45, 7) is 0. The molecule has 2 amide bonds. The predicted molar refractivity (Wildman–Crippen MR) is 102 cm³/mol. The number of hydrogen-bond acceptors (Lipinski definition) is 5. The van der Waals surface area contributed by atoms with E-state index in [2.05, 4.69) is 15.7 Å². The lowest BCUT2D eigenvalue weighted by molar-refractivity contribution is -0.383. The van der Waals surface area contributed by atoms with Gasteiger partial charge in [0.1, 0.15) is 23.4 Å². The third kappa shape index (κ3) is 3.43. The van der Waals surface area contributed by atoms with E-state index in [1.165, 1.54) is 41.2 Å². The van der Waals surface area contributed by atoms with Gasteiger partial charge in [-0.25, -0.2) is 9.07 Å². The van der Waals surface area contributed by atoms with Crippen molar-refractivity contribution in [2.45, 2.75) is 12.5 Å². The van der Waals surface area contributed by atoms with Gasteiger partial charge in [0.2, 0.25) is 5.91 Å². The van der Waals surface area contributed by atoms with Crippen LogP contribution in [0.1, 0.15) is 12.5 Å². The number of carbonyl (C=O) groups excluding carboxylic acids is 2. The van der Waals surface area contributed by atoms with Gasteiger partial charge in [-0.3, -0.25) is 19.7 Å². The van der Waals surface area contributed by atoms with E-state index < -0.39 is 22.8 Å². The number of amides is 2. The third-order valence-electron chi connectivity index (χ3n) is 4.54. The van der Waals surface area contributed by atoms with Gasteiger partial charge in [0, 0.05) is 11.6 Å². The monoisotopic (exact) mass is 395 g/mol. The normalized spacial score (nSPS) is 14.9. The van der Waals surface area contributed by atoms with E-state index in [1.54, 1.807) is 18.2 Å². The fourth-order valence-electron chi connectivity index (χ4n) is 3.17. The van der Waals surface area contributed by atoms with Crippen molar-refractivity contribution in [1.29, 1.82) is 0 Å². The highest BCUT2D eigenvalue weighted by molar-refractivity contribution is 6.04. The molecule has 0 bridgehead atoms. The summed E-state index contributed by atoms with van der Waals surface area (Å²) >= 11 is 0. The highest BCUT2D eigenvalue weighted by Gasteiger charge is 2.35. The van der Waals surface area contributed by atoms with Gasteiger partial charge < -0.3 is 10.6 Å². The number of carbonyl (C=O) groups is 2. The number of para-hydroxylation sites is 2. The lowest BCUT2D eigenvalue weighted by Crippen LogP contribution is -2.23. The number of fused-ring (bicyclic) bond motifs is 1. The van der Waals surface area contributed by atoms with Crippen LogP contribution in [-0.2, 0) is 9.59 Å². The van der Waals surface area contributed by atoms with E-state index in [0.29, 0.717) is 16.9 Å². The van der Waals surface area contributed by atoms with E-state index in [-0.39, 0.29) is 23.6 Å². The van der Waals surface area contributed by atoms with E-state index >= 15 is 0 Å². The molecule has 4 rings (SSSR count). The smallest absolute Gasteiger partial charge is 0.292 e. The summed E-state index contributed by atoms with van der Waals surface area (Å²) in [5.41, 5.74) is 1.07. The molecular weight excluding hydrogens is 381 g/mol. The Morgan fingerprint density at radius 1 is 1.24 bits per heavy atom. The minimum Gasteiger partial charge on any atom is -0.320 e. The van der Waals surface area contributed by atoms with Gasteiger partial charge in [-0.15, -0.1) is 0 Å². The Balaban J connectivity index is 1.54. The summed E-state index contributed by atoms with van der Waals surface area (Å²) < 4.78 is 14.5. The first-order valence-corrected chi connectivity index (χ1v) is 8.61. The fraction of sp³-hybridized carbons (Fsp3) is 0.105. The first-order chi connectivity index (χ1) is 13.9. The number of aromatic nitrogens is 2. The Labute approximate surface area is 163 Å². The zero-order valence-corrected chi connectivity index (χ0v) is 14.8. The van der Waals surface area contributed by atoms with Crippen LogP contribution >= 0.6 is 0 Å². The first-order valence-electron chi connectivity index (χ1n) is 8.61. The minimum atomic E-state index is -0.901. The van der Waals surface area contributed by atoms with E-state index in [0.717, 1.165) is 0 Å². The standard InChI is InChI=1S/C19H14FN5O4/c20-12-7-5-11(6-8-12)13-10-21-24-16(19(27)23-18(13)24)9-17(26)22-14-3-1-2-4-15(14)25(28)29/h1-8,10,16H,9H2,(H,22,26)(H,23,27). The van der Waals surface area contributed by atoms with Gasteiger partial charge in [0.15, 0.2) is 0 Å². The lowest BCUT2D eigenvalue weighted by atomic mass is 10.1. The highest BCUT2D eigenvalue weighted by Crippen LogP contribution is 2.36. The molecule has 0 fully saturated rings. The maximum Gasteiger partial charge on any atom is 0.292 e. The molecule has 1 unspecified atom stereocenters. The average molecular weight is 395 g/mol. The topological polar surface area (TPSA) is 119 Å². The quantitative estimate of drug-likeness (QED) is 0.508. The molecule has 1 aliphatic rings. The van der Waals surface area contributed by atoms with Crippen molar-refractivity contribution >= 4 is 29.0 Å². The van der Waals surface area contributed by atoms with Crippen molar-refractivity contribution in [2.24, 2.45) is 0 Å². The van der Waals surface area contributed by atoms with Crippen molar-refractivity contribution in [2.75, 3.05) is 10.6 Å². The molecule has 1 aliphatic heterocycles. The van der Waals surface area contributed by atoms with Gasteiger partial charge in [-0.05, 0) is 23.8 Å². The fourth-order valence-corrected chi connectivity index (χ4v) is 3.17. The summed E-state index contributed by atoms with van der Waals surface area (Å²) in [6.07, 6.45) is 1.27. The molecule has 10 heteroatoms. The van der Waals surface area contributed by atoms with Gasteiger partial charge in [-0.2, -0.15) is 5.10 Å². The Morgan fingerprint density at radius 3 is 2.69 bits per heavy atom. The molecule has 0 saturated heterocycles. The molecule has 3 aromatic rings. The molecule has 0 aliphatic carbocycles.